The van der Waals surface area contributed by atoms with Gasteiger partial charge in [-0.3, -0.25) is 9.69 Å². The van der Waals surface area contributed by atoms with E-state index in [1.165, 1.54) is 25.5 Å². The Morgan fingerprint density at radius 1 is 1.09 bits per heavy atom. The standard InChI is InChI=1S/C25H38N2O5S/c1-31-21-13-10-19(24(15-21)32-2)16-27(20-11-12-20)23(17-33(3,29)30)25(28)26-14-6-8-18-7-4-5-9-22(18)26/h10,13,15,18,20,22-23H,4-9,11-12,14,16-17H2,1-3H3/t18-,22+,23-/m1/s1. The molecule has 0 spiro atoms. The number of carbonyl (C=O) groups excluding carboxylic acids is 1. The molecule has 0 radical (unpaired) electrons. The molecule has 3 aliphatic rings. The molecule has 7 nitrogen and oxygen atoms in total. The van der Waals surface area contributed by atoms with Crippen LogP contribution in [0.2, 0.25) is 0 Å². The zero-order chi connectivity index (χ0) is 23.6. The lowest BCUT2D eigenvalue weighted by molar-refractivity contribution is -0.143. The molecule has 1 amide bonds. The second kappa shape index (κ2) is 10.2. The lowest BCUT2D eigenvalue weighted by Gasteiger charge is -2.46. The molecule has 0 N–H and O–H groups in total. The number of benzene rings is 1. The predicted octanol–water partition coefficient (Wildman–Crippen LogP) is 3.26. The third-order valence-electron chi connectivity index (χ3n) is 7.54. The van der Waals surface area contributed by atoms with Crippen LogP contribution in [0.4, 0.5) is 0 Å². The van der Waals surface area contributed by atoms with E-state index >= 15 is 0 Å². The van der Waals surface area contributed by atoms with Gasteiger partial charge in [0.1, 0.15) is 27.4 Å². The highest BCUT2D eigenvalue weighted by Gasteiger charge is 2.44. The number of rotatable bonds is 9. The summed E-state index contributed by atoms with van der Waals surface area (Å²) in [4.78, 5) is 18.2. The lowest BCUT2D eigenvalue weighted by atomic mass is 9.78. The van der Waals surface area contributed by atoms with Gasteiger partial charge in [-0.2, -0.15) is 0 Å². The summed E-state index contributed by atoms with van der Waals surface area (Å²) in [7, 11) is -0.111. The van der Waals surface area contributed by atoms with Gasteiger partial charge in [0.05, 0.1) is 20.0 Å². The van der Waals surface area contributed by atoms with Gasteiger partial charge in [0.25, 0.3) is 0 Å². The molecule has 1 aromatic carbocycles. The monoisotopic (exact) mass is 478 g/mol. The first-order valence-electron chi connectivity index (χ1n) is 12.3. The van der Waals surface area contributed by atoms with E-state index < -0.39 is 15.9 Å². The van der Waals surface area contributed by atoms with E-state index in [4.69, 9.17) is 9.47 Å². The van der Waals surface area contributed by atoms with Crippen molar-refractivity contribution in [2.45, 2.75) is 76.0 Å². The van der Waals surface area contributed by atoms with E-state index in [1.807, 2.05) is 23.1 Å². The molecule has 184 valence electrons. The quantitative estimate of drug-likeness (QED) is 0.542. The fraction of sp³-hybridized carbons (Fsp3) is 0.720. The van der Waals surface area contributed by atoms with Crippen LogP contribution in [0, 0.1) is 5.92 Å². The molecule has 33 heavy (non-hydrogen) atoms. The first-order valence-corrected chi connectivity index (χ1v) is 14.3. The van der Waals surface area contributed by atoms with Gasteiger partial charge in [-0.25, -0.2) is 8.42 Å². The highest BCUT2D eigenvalue weighted by Crippen LogP contribution is 2.38. The zero-order valence-electron chi connectivity index (χ0n) is 20.2. The fourth-order valence-electron chi connectivity index (χ4n) is 5.76. The third-order valence-corrected chi connectivity index (χ3v) is 8.46. The topological polar surface area (TPSA) is 76.2 Å². The average molecular weight is 479 g/mol. The van der Waals surface area contributed by atoms with Crippen LogP contribution in [-0.2, 0) is 21.2 Å². The van der Waals surface area contributed by atoms with Crippen molar-refractivity contribution in [3.8, 4) is 11.5 Å². The lowest BCUT2D eigenvalue weighted by Crippen LogP contribution is -2.58. The van der Waals surface area contributed by atoms with Gasteiger partial charge in [-0.15, -0.1) is 0 Å². The maximum Gasteiger partial charge on any atom is 0.241 e. The molecule has 8 heteroatoms. The summed E-state index contributed by atoms with van der Waals surface area (Å²) in [6.45, 7) is 1.22. The van der Waals surface area contributed by atoms with Crippen LogP contribution in [0.1, 0.15) is 56.9 Å². The molecule has 1 saturated heterocycles. The van der Waals surface area contributed by atoms with E-state index in [0.717, 1.165) is 44.2 Å². The summed E-state index contributed by atoms with van der Waals surface area (Å²) >= 11 is 0. The van der Waals surface area contributed by atoms with E-state index in [2.05, 4.69) is 4.90 Å². The second-order valence-corrected chi connectivity index (χ2v) is 12.2. The van der Waals surface area contributed by atoms with Gasteiger partial charge in [0, 0.05) is 43.1 Å². The van der Waals surface area contributed by atoms with Crippen molar-refractivity contribution >= 4 is 15.7 Å². The number of ether oxygens (including phenoxy) is 2. The van der Waals surface area contributed by atoms with Gasteiger partial charge in [-0.05, 0) is 50.5 Å². The van der Waals surface area contributed by atoms with Gasteiger partial charge in [0.2, 0.25) is 5.91 Å². The van der Waals surface area contributed by atoms with Crippen molar-refractivity contribution in [2.24, 2.45) is 5.92 Å². The Labute approximate surface area is 198 Å². The maximum atomic E-state index is 14.0. The van der Waals surface area contributed by atoms with Crippen LogP contribution >= 0.6 is 0 Å². The minimum absolute atomic E-state index is 0.00333. The average Bonchev–Trinajstić information content (AvgIpc) is 3.65. The number of likely N-dealkylation sites (tertiary alicyclic amines) is 1. The first-order chi connectivity index (χ1) is 15.8. The summed E-state index contributed by atoms with van der Waals surface area (Å²) in [5.74, 6) is 1.81. The van der Waals surface area contributed by atoms with E-state index in [1.54, 1.807) is 14.2 Å². The van der Waals surface area contributed by atoms with Crippen LogP contribution < -0.4 is 9.47 Å². The SMILES string of the molecule is COc1ccc(CN(C2CC2)[C@H](CS(C)(=O)=O)C(=O)N2CCC[C@H]3CCCC[C@@H]32)c(OC)c1. The number of hydrogen-bond donors (Lipinski definition) is 0. The molecule has 1 aliphatic heterocycles. The molecule has 1 heterocycles. The normalized spacial score (nSPS) is 24.3. The van der Waals surface area contributed by atoms with Crippen LogP contribution in [0.15, 0.2) is 18.2 Å². The molecular formula is C25H38N2O5S. The summed E-state index contributed by atoms with van der Waals surface area (Å²) in [6.07, 6.45) is 10.0. The summed E-state index contributed by atoms with van der Waals surface area (Å²) < 4.78 is 35.9. The van der Waals surface area contributed by atoms with E-state index in [0.29, 0.717) is 24.0 Å². The Kier molecular flexibility index (Phi) is 7.53. The van der Waals surface area contributed by atoms with Crippen molar-refractivity contribution in [2.75, 3.05) is 32.8 Å². The van der Waals surface area contributed by atoms with Crippen molar-refractivity contribution in [1.82, 2.24) is 9.80 Å². The number of sulfone groups is 1. The number of fused-ring (bicyclic) bond motifs is 1. The third kappa shape index (κ3) is 5.83. The molecule has 3 atom stereocenters. The van der Waals surface area contributed by atoms with Gasteiger partial charge in [-0.1, -0.05) is 18.9 Å². The van der Waals surface area contributed by atoms with Crippen LogP contribution in [0.25, 0.3) is 0 Å². The number of nitrogens with zero attached hydrogens (tertiary/aromatic N) is 2. The van der Waals surface area contributed by atoms with Crippen molar-refractivity contribution < 1.29 is 22.7 Å². The molecular weight excluding hydrogens is 440 g/mol. The highest BCUT2D eigenvalue weighted by atomic mass is 32.2. The van der Waals surface area contributed by atoms with E-state index in [9.17, 15) is 13.2 Å². The molecule has 3 fully saturated rings. The maximum absolute atomic E-state index is 14.0. The number of piperidine rings is 1. The molecule has 4 rings (SSSR count). The molecule has 0 unspecified atom stereocenters. The van der Waals surface area contributed by atoms with Crippen LogP contribution in [-0.4, -0.2) is 75.0 Å². The zero-order valence-corrected chi connectivity index (χ0v) is 21.0. The molecule has 0 bridgehead atoms. The Morgan fingerprint density at radius 2 is 1.82 bits per heavy atom. The first kappa shape index (κ1) is 24.3. The number of amides is 1. The minimum atomic E-state index is -3.35. The largest absolute Gasteiger partial charge is 0.497 e. The van der Waals surface area contributed by atoms with Crippen molar-refractivity contribution in [3.05, 3.63) is 23.8 Å². The Hall–Kier alpha value is -1.80. The Morgan fingerprint density at radius 3 is 2.48 bits per heavy atom. The van der Waals surface area contributed by atoms with Crippen molar-refractivity contribution in [3.63, 3.8) is 0 Å². The predicted molar refractivity (Wildman–Crippen MR) is 128 cm³/mol. The van der Waals surface area contributed by atoms with Crippen LogP contribution in [0.3, 0.4) is 0 Å². The number of carbonyl (C=O) groups is 1. The fourth-order valence-corrected chi connectivity index (χ4v) is 6.67. The second-order valence-electron chi connectivity index (χ2n) is 9.98. The highest BCUT2D eigenvalue weighted by molar-refractivity contribution is 7.90. The number of methoxy groups -OCH3 is 2. The van der Waals surface area contributed by atoms with E-state index in [-0.39, 0.29) is 23.7 Å². The van der Waals surface area contributed by atoms with Crippen molar-refractivity contribution in [1.29, 1.82) is 0 Å². The molecule has 0 aromatic heterocycles. The van der Waals surface area contributed by atoms with Crippen LogP contribution in [0.5, 0.6) is 11.5 Å². The minimum Gasteiger partial charge on any atom is -0.497 e. The summed E-state index contributed by atoms with van der Waals surface area (Å²) in [6, 6.07) is 5.49. The Bertz CT molecular complexity index is 944. The van der Waals surface area contributed by atoms with Gasteiger partial charge >= 0.3 is 0 Å². The summed E-state index contributed by atoms with van der Waals surface area (Å²) in [5.41, 5.74) is 0.936. The molecule has 1 aromatic rings. The van der Waals surface area contributed by atoms with Gasteiger partial charge < -0.3 is 14.4 Å². The number of hydrogen-bond acceptors (Lipinski definition) is 6. The molecule has 2 aliphatic carbocycles. The summed E-state index contributed by atoms with van der Waals surface area (Å²) in [5, 5.41) is 0. The van der Waals surface area contributed by atoms with Gasteiger partial charge in [0.15, 0.2) is 0 Å². The smallest absolute Gasteiger partial charge is 0.241 e. The Balaban J connectivity index is 1.63. The molecule has 2 saturated carbocycles.